The van der Waals surface area contributed by atoms with Crippen LogP contribution in [0.3, 0.4) is 0 Å². The molecule has 3 amide bonds. The van der Waals surface area contributed by atoms with Crippen molar-refractivity contribution in [2.45, 2.75) is 18.6 Å². The highest BCUT2D eigenvalue weighted by Crippen LogP contribution is 2.22. The van der Waals surface area contributed by atoms with Gasteiger partial charge >= 0.3 is 0 Å². The van der Waals surface area contributed by atoms with Gasteiger partial charge in [0, 0.05) is 23.5 Å². The van der Waals surface area contributed by atoms with Gasteiger partial charge in [0.1, 0.15) is 5.84 Å². The minimum Gasteiger partial charge on any atom is -0.384 e. The zero-order chi connectivity index (χ0) is 22.5. The van der Waals surface area contributed by atoms with Crippen LogP contribution < -0.4 is 21.7 Å². The Morgan fingerprint density at radius 2 is 1.94 bits per heavy atom. The van der Waals surface area contributed by atoms with Crippen molar-refractivity contribution in [3.8, 4) is 0 Å². The summed E-state index contributed by atoms with van der Waals surface area (Å²) in [5, 5.41) is 20.3. The largest absolute Gasteiger partial charge is 0.384 e. The number of carbonyl (C=O) groups is 3. The summed E-state index contributed by atoms with van der Waals surface area (Å²) in [4.78, 5) is 37.9. The molecular weight excluding hydrogens is 402 g/mol. The van der Waals surface area contributed by atoms with Crippen molar-refractivity contribution < 1.29 is 24.2 Å². The van der Waals surface area contributed by atoms with Crippen LogP contribution >= 0.6 is 0 Å². The van der Waals surface area contributed by atoms with E-state index in [0.29, 0.717) is 22.5 Å². The van der Waals surface area contributed by atoms with Gasteiger partial charge in [0.2, 0.25) is 5.91 Å². The van der Waals surface area contributed by atoms with Gasteiger partial charge in [-0.25, -0.2) is 0 Å². The third-order valence-electron chi connectivity index (χ3n) is 4.74. The summed E-state index contributed by atoms with van der Waals surface area (Å²) in [6.07, 6.45) is -3.09. The topological polar surface area (TPSA) is 172 Å². The average Bonchev–Trinajstić information content (AvgIpc) is 2.73. The van der Waals surface area contributed by atoms with E-state index in [0.717, 1.165) is 0 Å². The fourth-order valence-corrected chi connectivity index (χ4v) is 3.21. The lowest BCUT2D eigenvalue weighted by Gasteiger charge is -2.34. The number of morpholine rings is 1. The highest BCUT2D eigenvalue weighted by Gasteiger charge is 2.39. The van der Waals surface area contributed by atoms with E-state index in [9.17, 15) is 19.5 Å². The Balaban J connectivity index is 1.70. The van der Waals surface area contributed by atoms with E-state index in [1.165, 1.54) is 17.0 Å². The number of carbonyl (C=O) groups excluding carboxylic acids is 3. The maximum absolute atomic E-state index is 12.9. The second-order valence-corrected chi connectivity index (χ2v) is 7.02. The number of benzene rings is 2. The van der Waals surface area contributed by atoms with Gasteiger partial charge in [-0.15, -0.1) is 0 Å². The Bertz CT molecular complexity index is 1010. The maximum Gasteiger partial charge on any atom is 0.259 e. The van der Waals surface area contributed by atoms with E-state index in [4.69, 9.17) is 21.6 Å². The number of nitrogens with two attached hydrogens (primary N) is 2. The predicted molar refractivity (Wildman–Crippen MR) is 114 cm³/mol. The first-order valence-corrected chi connectivity index (χ1v) is 9.50. The number of nitrogens with zero attached hydrogens (tertiary/aromatic N) is 1. The zero-order valence-electron chi connectivity index (χ0n) is 16.6. The highest BCUT2D eigenvalue weighted by atomic mass is 16.5. The quantitative estimate of drug-likeness (QED) is 0.302. The molecule has 10 heteroatoms. The number of anilines is 2. The molecule has 1 saturated heterocycles. The van der Waals surface area contributed by atoms with Gasteiger partial charge in [0.15, 0.2) is 12.2 Å². The van der Waals surface area contributed by atoms with Gasteiger partial charge in [0.05, 0.1) is 13.0 Å². The van der Waals surface area contributed by atoms with Crippen molar-refractivity contribution in [2.75, 3.05) is 23.4 Å². The molecule has 10 nitrogen and oxygen atoms in total. The molecule has 1 aliphatic rings. The minimum atomic E-state index is -1.74. The van der Waals surface area contributed by atoms with Crippen LogP contribution in [0.2, 0.25) is 0 Å². The summed E-state index contributed by atoms with van der Waals surface area (Å²) in [6.45, 7) is 0.351. The summed E-state index contributed by atoms with van der Waals surface area (Å²) >= 11 is 0. The monoisotopic (exact) mass is 425 g/mol. The Morgan fingerprint density at radius 1 is 1.23 bits per heavy atom. The molecule has 31 heavy (non-hydrogen) atoms. The fraction of sp³-hybridized carbons (Fsp3) is 0.238. The molecule has 0 radical (unpaired) electrons. The lowest BCUT2D eigenvalue weighted by molar-refractivity contribution is -0.150. The second kappa shape index (κ2) is 9.37. The summed E-state index contributed by atoms with van der Waals surface area (Å²) in [7, 11) is 0. The molecule has 1 aliphatic heterocycles. The molecule has 1 heterocycles. The first kappa shape index (κ1) is 21.9. The Kier molecular flexibility index (Phi) is 6.63. The molecule has 0 saturated carbocycles. The van der Waals surface area contributed by atoms with Gasteiger partial charge in [-0.3, -0.25) is 19.8 Å². The molecule has 0 aromatic heterocycles. The predicted octanol–water partition coefficient (Wildman–Crippen LogP) is -0.270. The van der Waals surface area contributed by atoms with E-state index in [-0.39, 0.29) is 25.4 Å². The first-order chi connectivity index (χ1) is 14.8. The molecular formula is C21H23N5O5. The van der Waals surface area contributed by atoms with Crippen LogP contribution in [0.5, 0.6) is 0 Å². The second-order valence-electron chi connectivity index (χ2n) is 7.02. The van der Waals surface area contributed by atoms with E-state index >= 15 is 0 Å². The van der Waals surface area contributed by atoms with Crippen LogP contribution in [-0.4, -0.2) is 54.0 Å². The molecule has 3 rings (SSSR count). The minimum absolute atomic E-state index is 0.0310. The van der Waals surface area contributed by atoms with Crippen LogP contribution in [-0.2, 0) is 25.5 Å². The number of amidine groups is 1. The number of aliphatic hydroxyl groups is 1. The van der Waals surface area contributed by atoms with Gasteiger partial charge in [0.25, 0.3) is 11.8 Å². The maximum atomic E-state index is 12.9. The molecule has 2 atom stereocenters. The van der Waals surface area contributed by atoms with Crippen molar-refractivity contribution in [2.24, 2.45) is 11.5 Å². The number of rotatable bonds is 7. The van der Waals surface area contributed by atoms with Crippen molar-refractivity contribution in [1.29, 1.82) is 5.41 Å². The number of ether oxygens (including phenoxy) is 1. The molecule has 2 aromatic rings. The molecule has 0 unspecified atom stereocenters. The summed E-state index contributed by atoms with van der Waals surface area (Å²) < 4.78 is 5.39. The third kappa shape index (κ3) is 5.24. The van der Waals surface area contributed by atoms with Crippen molar-refractivity contribution >= 4 is 34.9 Å². The first-order valence-electron chi connectivity index (χ1n) is 9.50. The van der Waals surface area contributed by atoms with Gasteiger partial charge in [-0.2, -0.15) is 0 Å². The van der Waals surface area contributed by atoms with E-state index in [2.05, 4.69) is 5.32 Å². The van der Waals surface area contributed by atoms with Crippen LogP contribution in [0.1, 0.15) is 11.1 Å². The van der Waals surface area contributed by atoms with Crippen LogP contribution in [0.25, 0.3) is 0 Å². The van der Waals surface area contributed by atoms with Crippen molar-refractivity contribution in [3.05, 3.63) is 59.7 Å². The molecule has 0 spiro atoms. The molecule has 162 valence electrons. The fourth-order valence-electron chi connectivity index (χ4n) is 3.21. The Hall–Kier alpha value is -3.76. The lowest BCUT2D eigenvalue weighted by Crippen LogP contribution is -2.55. The van der Waals surface area contributed by atoms with Gasteiger partial charge in [-0.1, -0.05) is 12.1 Å². The van der Waals surface area contributed by atoms with Crippen LogP contribution in [0.15, 0.2) is 48.5 Å². The third-order valence-corrected chi connectivity index (χ3v) is 4.74. The molecule has 0 aliphatic carbocycles. The van der Waals surface area contributed by atoms with Crippen LogP contribution in [0, 0.1) is 5.41 Å². The van der Waals surface area contributed by atoms with Crippen molar-refractivity contribution in [3.63, 3.8) is 0 Å². The van der Waals surface area contributed by atoms with Gasteiger partial charge in [-0.05, 0) is 42.0 Å². The van der Waals surface area contributed by atoms with Crippen molar-refractivity contribution in [1.82, 2.24) is 0 Å². The lowest BCUT2D eigenvalue weighted by atomic mass is 10.1. The molecule has 0 bridgehead atoms. The molecule has 1 fully saturated rings. The average molecular weight is 425 g/mol. The standard InChI is InChI=1S/C21H23N5O5/c22-16(27)11-12-2-1-3-15(10-12)26-8-9-31-18(21(26)30)17(28)20(29)25-14-6-4-13(5-7-14)19(23)24/h1-7,10,17-18,28H,8-9,11H2,(H2,22,27)(H3,23,24)(H,25,29)/t17-,18-/m1/s1. The number of nitrogens with one attached hydrogen (secondary N) is 2. The Labute approximate surface area is 178 Å². The number of aliphatic hydroxyl groups excluding tert-OH is 1. The summed E-state index contributed by atoms with van der Waals surface area (Å²) in [6, 6.07) is 12.9. The highest BCUT2D eigenvalue weighted by molar-refractivity contribution is 6.04. The number of hydrogen-bond donors (Lipinski definition) is 5. The number of amides is 3. The SMILES string of the molecule is N=C(N)c1ccc(NC(=O)[C@H](O)[C@H]2OCCN(c3cccc(CC(N)=O)c3)C2=O)cc1. The summed E-state index contributed by atoms with van der Waals surface area (Å²) in [5.41, 5.74) is 12.6. The van der Waals surface area contributed by atoms with E-state index in [1.54, 1.807) is 36.4 Å². The molecule has 2 aromatic carbocycles. The smallest absolute Gasteiger partial charge is 0.259 e. The van der Waals surface area contributed by atoms with E-state index in [1.807, 2.05) is 0 Å². The Morgan fingerprint density at radius 3 is 2.58 bits per heavy atom. The normalized spacial score (nSPS) is 17.1. The summed E-state index contributed by atoms with van der Waals surface area (Å²) in [5.74, 6) is -1.99. The molecule has 7 N–H and O–H groups in total. The number of primary amides is 1. The number of hydrogen-bond acceptors (Lipinski definition) is 6. The van der Waals surface area contributed by atoms with E-state index < -0.39 is 29.9 Å². The van der Waals surface area contributed by atoms with Gasteiger partial charge < -0.3 is 31.5 Å². The number of nitrogen functional groups attached to an aromatic ring is 1. The zero-order valence-corrected chi connectivity index (χ0v) is 16.6. The van der Waals surface area contributed by atoms with Crippen LogP contribution in [0.4, 0.5) is 11.4 Å².